The molecule has 0 fully saturated rings. The Balaban J connectivity index is 0.000000106. The van der Waals surface area contributed by atoms with E-state index in [1.54, 1.807) is 0 Å². The number of benzene rings is 24. The topological polar surface area (TPSA) is 13.1 Å². The summed E-state index contributed by atoms with van der Waals surface area (Å²) in [5.74, 6) is 0. The summed E-state index contributed by atoms with van der Waals surface area (Å²) in [6.07, 6.45) is 0. The molecular weight excluding hydrogens is 1590 g/mol. The molecular formula is C126H78OS2. The Labute approximate surface area is 753 Å². The van der Waals surface area contributed by atoms with Crippen LogP contribution >= 0.6 is 22.7 Å². The molecule has 0 saturated heterocycles. The van der Waals surface area contributed by atoms with Crippen LogP contribution in [0.15, 0.2) is 478 Å². The SMILES string of the molecule is c1cc(-c2ccc3c4ccccc4c4ccccc4c3c2)cc(-c2cccc3c2oc2ccccc23)c1.c1ccc(-c2ccc3sc4c(-c5cccc(-c6ccc7c8ccccc8c8ccccc8c7c6)c5)cc(-c5ccccc5)cc4c3c2)cc1.c1ccc(-c2cccc3c2sc2c(-c4cccc(-c5ccc6c7ccccc7c7ccccc7c6c5)c4)cccc23)cc1. The summed E-state index contributed by atoms with van der Waals surface area (Å²) < 4.78 is 11.7. The number of hydrogen-bond donors (Lipinski definition) is 0. The molecule has 3 aromatic heterocycles. The average Bonchev–Trinajstić information content (AvgIpc) is 1.65. The summed E-state index contributed by atoms with van der Waals surface area (Å²) in [5.41, 5.74) is 24.1. The third kappa shape index (κ3) is 13.1. The Morgan fingerprint density at radius 2 is 0.395 bits per heavy atom. The average molecular weight is 1670 g/mol. The molecule has 24 aromatic carbocycles. The van der Waals surface area contributed by atoms with Gasteiger partial charge in [-0.25, -0.2) is 0 Å². The number of rotatable bonds is 9. The van der Waals surface area contributed by atoms with E-state index in [4.69, 9.17) is 4.42 Å². The maximum absolute atomic E-state index is 6.33. The van der Waals surface area contributed by atoms with Crippen LogP contribution in [0.5, 0.6) is 0 Å². The summed E-state index contributed by atoms with van der Waals surface area (Å²) in [6.45, 7) is 0. The zero-order valence-corrected chi connectivity index (χ0v) is 71.9. The highest BCUT2D eigenvalue weighted by Crippen LogP contribution is 2.50. The summed E-state index contributed by atoms with van der Waals surface area (Å²) >= 11 is 3.81. The lowest BCUT2D eigenvalue weighted by Gasteiger charge is -2.13. The van der Waals surface area contributed by atoms with Gasteiger partial charge in [0, 0.05) is 62.2 Å². The van der Waals surface area contributed by atoms with Gasteiger partial charge in [-0.3, -0.25) is 0 Å². The number of hydrogen-bond acceptors (Lipinski definition) is 3. The molecule has 0 spiro atoms. The van der Waals surface area contributed by atoms with E-state index in [0.29, 0.717) is 0 Å². The molecule has 0 N–H and O–H groups in total. The molecule has 129 heavy (non-hydrogen) atoms. The lowest BCUT2D eigenvalue weighted by Crippen LogP contribution is -1.86. The largest absolute Gasteiger partial charge is 0.455 e. The third-order valence-corrected chi connectivity index (χ3v) is 29.1. The van der Waals surface area contributed by atoms with Crippen LogP contribution in [-0.4, -0.2) is 0 Å². The Morgan fingerprint density at radius 1 is 0.124 bits per heavy atom. The number of furan rings is 1. The molecule has 0 aliphatic carbocycles. The fraction of sp³-hybridized carbons (Fsp3) is 0. The van der Waals surface area contributed by atoms with Gasteiger partial charge >= 0.3 is 0 Å². The minimum absolute atomic E-state index is 0.926. The van der Waals surface area contributed by atoms with Crippen molar-refractivity contribution in [3.63, 3.8) is 0 Å². The minimum Gasteiger partial charge on any atom is -0.455 e. The van der Waals surface area contributed by atoms with Gasteiger partial charge in [0.15, 0.2) is 0 Å². The molecule has 0 radical (unpaired) electrons. The van der Waals surface area contributed by atoms with E-state index in [2.05, 4.69) is 461 Å². The Bertz CT molecular complexity index is 9080. The van der Waals surface area contributed by atoms with E-state index in [0.717, 1.165) is 33.1 Å². The maximum atomic E-state index is 6.33. The van der Waals surface area contributed by atoms with E-state index < -0.39 is 0 Å². The molecule has 3 heterocycles. The van der Waals surface area contributed by atoms with Gasteiger partial charge in [-0.2, -0.15) is 0 Å². The highest BCUT2D eigenvalue weighted by molar-refractivity contribution is 7.27. The van der Waals surface area contributed by atoms with Gasteiger partial charge in [0.25, 0.3) is 0 Å². The van der Waals surface area contributed by atoms with Crippen LogP contribution in [0.1, 0.15) is 0 Å². The normalized spacial score (nSPS) is 11.7. The van der Waals surface area contributed by atoms with Gasteiger partial charge in [0.05, 0.1) is 0 Å². The predicted octanol–water partition coefficient (Wildman–Crippen LogP) is 37.1. The first-order valence-electron chi connectivity index (χ1n) is 44.3. The van der Waals surface area contributed by atoms with Gasteiger partial charge in [0.2, 0.25) is 0 Å². The quantitative estimate of drug-likeness (QED) is 0.131. The van der Waals surface area contributed by atoms with Crippen LogP contribution in [0.3, 0.4) is 0 Å². The van der Waals surface area contributed by atoms with Crippen LogP contribution in [0.4, 0.5) is 0 Å². The molecule has 1 nitrogen and oxygen atoms in total. The van der Waals surface area contributed by atoms with E-state index in [1.165, 1.54) is 226 Å². The molecule has 600 valence electrons. The van der Waals surface area contributed by atoms with Crippen LogP contribution in [0, 0.1) is 0 Å². The van der Waals surface area contributed by atoms with Crippen molar-refractivity contribution in [2.24, 2.45) is 0 Å². The van der Waals surface area contributed by atoms with Crippen molar-refractivity contribution in [3.8, 4) is 100 Å². The van der Waals surface area contributed by atoms with Gasteiger partial charge in [0.1, 0.15) is 11.2 Å². The van der Waals surface area contributed by atoms with Crippen molar-refractivity contribution in [2.75, 3.05) is 0 Å². The van der Waals surface area contributed by atoms with Crippen molar-refractivity contribution in [3.05, 3.63) is 473 Å². The molecule has 0 aliphatic heterocycles. The number of fused-ring (bicyclic) bond motifs is 27. The van der Waals surface area contributed by atoms with Crippen LogP contribution in [0.25, 0.3) is 259 Å². The van der Waals surface area contributed by atoms with Crippen molar-refractivity contribution in [1.29, 1.82) is 0 Å². The van der Waals surface area contributed by atoms with Gasteiger partial charge in [-0.15, -0.1) is 22.7 Å². The molecule has 0 atom stereocenters. The van der Waals surface area contributed by atoms with Gasteiger partial charge in [-0.1, -0.05) is 406 Å². The summed E-state index contributed by atoms with van der Waals surface area (Å²) in [6, 6.07) is 173. The summed E-state index contributed by atoms with van der Waals surface area (Å²) in [7, 11) is 0. The first-order valence-corrected chi connectivity index (χ1v) is 45.9. The standard InChI is InChI=1S/C48H30S.C42H26S.C36H22O/c1-3-12-31(13-4-1)34-23-25-47-45(28-34)46-30-37(32-14-5-2-6-15-32)29-43(48(46)49-47)36-17-11-16-33(26-36)35-22-24-42-40-20-8-7-18-38(40)39-19-9-10-21-41(39)44(42)27-35;1-2-11-27(12-3-1)31-19-9-21-38-39-22-10-20-32(42(39)43-41(31)38)30-14-8-13-28(25-30)29-23-24-37-35-17-5-4-15-33(35)34-16-6-7-18-36(34)40(37)26-29;1-2-13-29-27(11-1)28-12-3-4-14-30(28)34-22-24(19-20-31(29)34)23-9-7-10-25(21-23)26-16-8-17-33-32-15-5-6-18-35(32)37-36(26)33/h1-30H;1-26H;1-22H. The molecule has 0 saturated carbocycles. The maximum Gasteiger partial charge on any atom is 0.143 e. The van der Waals surface area contributed by atoms with Gasteiger partial charge < -0.3 is 4.42 Å². The van der Waals surface area contributed by atoms with Crippen LogP contribution in [0.2, 0.25) is 0 Å². The van der Waals surface area contributed by atoms with Crippen molar-refractivity contribution >= 4 is 182 Å². The minimum atomic E-state index is 0.926. The fourth-order valence-electron chi connectivity index (χ4n) is 20.4. The van der Waals surface area contributed by atoms with E-state index in [9.17, 15) is 0 Å². The third-order valence-electron chi connectivity index (χ3n) is 26.6. The van der Waals surface area contributed by atoms with E-state index >= 15 is 0 Å². The summed E-state index contributed by atoms with van der Waals surface area (Å²) in [4.78, 5) is 0. The highest BCUT2D eigenvalue weighted by Gasteiger charge is 2.22. The predicted molar refractivity (Wildman–Crippen MR) is 559 cm³/mol. The zero-order chi connectivity index (χ0) is 85.0. The molecule has 0 aliphatic rings. The van der Waals surface area contributed by atoms with E-state index in [1.807, 2.05) is 34.8 Å². The number of thiophene rings is 2. The monoisotopic (exact) mass is 1670 g/mol. The lowest BCUT2D eigenvalue weighted by atomic mass is 9.91. The smallest absolute Gasteiger partial charge is 0.143 e. The second-order valence-electron chi connectivity index (χ2n) is 33.9. The molecule has 27 rings (SSSR count). The van der Waals surface area contributed by atoms with Crippen molar-refractivity contribution in [2.45, 2.75) is 0 Å². The fourth-order valence-corrected chi connectivity index (χ4v) is 23.0. The van der Waals surface area contributed by atoms with Crippen molar-refractivity contribution in [1.82, 2.24) is 0 Å². The van der Waals surface area contributed by atoms with Crippen LogP contribution < -0.4 is 0 Å². The first-order chi connectivity index (χ1) is 64.0. The number of para-hydroxylation sites is 2. The highest BCUT2D eigenvalue weighted by atomic mass is 32.1. The Hall–Kier alpha value is -16.1. The molecule has 0 unspecified atom stereocenters. The zero-order valence-electron chi connectivity index (χ0n) is 70.3. The van der Waals surface area contributed by atoms with Crippen LogP contribution in [-0.2, 0) is 0 Å². The summed E-state index contributed by atoms with van der Waals surface area (Å²) in [5, 5.41) is 31.0. The Kier molecular flexibility index (Phi) is 18.4. The van der Waals surface area contributed by atoms with E-state index in [-0.39, 0.29) is 0 Å². The molecule has 0 bridgehead atoms. The molecule has 27 aromatic rings. The first kappa shape index (κ1) is 75.4. The lowest BCUT2D eigenvalue weighted by molar-refractivity contribution is 0.670. The second kappa shape index (κ2) is 31.5. The molecule has 0 amide bonds. The second-order valence-corrected chi connectivity index (χ2v) is 35.9. The Morgan fingerprint density at radius 3 is 0.837 bits per heavy atom. The van der Waals surface area contributed by atoms with Gasteiger partial charge in [-0.05, 0) is 253 Å². The van der Waals surface area contributed by atoms with Crippen molar-refractivity contribution < 1.29 is 4.42 Å². The molecule has 3 heteroatoms.